The predicted molar refractivity (Wildman–Crippen MR) is 96.5 cm³/mol. The number of hydrogen-bond acceptors (Lipinski definition) is 2. The lowest BCUT2D eigenvalue weighted by molar-refractivity contribution is 0.408. The molecule has 1 atom stereocenters. The summed E-state index contributed by atoms with van der Waals surface area (Å²) in [6.45, 7) is 4.49. The summed E-state index contributed by atoms with van der Waals surface area (Å²) in [4.78, 5) is 9.50. The van der Waals surface area contributed by atoms with Crippen molar-refractivity contribution in [3.63, 3.8) is 0 Å². The van der Waals surface area contributed by atoms with Crippen molar-refractivity contribution in [1.82, 2.24) is 9.97 Å². The molecule has 0 saturated heterocycles. The number of unbranched alkanes of at least 4 members (excludes halogenated alkanes) is 1. The lowest BCUT2D eigenvalue weighted by Gasteiger charge is -2.23. The lowest BCUT2D eigenvalue weighted by Crippen LogP contribution is -2.16. The first-order chi connectivity index (χ1) is 11.3. The molecule has 1 heterocycles. The predicted octanol–water partition coefficient (Wildman–Crippen LogP) is 5.39. The van der Waals surface area contributed by atoms with Crippen molar-refractivity contribution < 1.29 is 0 Å². The highest BCUT2D eigenvalue weighted by atomic mass is 14.9. The van der Waals surface area contributed by atoms with Gasteiger partial charge in [0, 0.05) is 17.5 Å². The first-order valence-corrected chi connectivity index (χ1v) is 9.24. The normalized spacial score (nSPS) is 17.0. The van der Waals surface area contributed by atoms with E-state index in [2.05, 4.69) is 49.3 Å². The fourth-order valence-electron chi connectivity index (χ4n) is 3.57. The van der Waals surface area contributed by atoms with Gasteiger partial charge in [-0.2, -0.15) is 0 Å². The van der Waals surface area contributed by atoms with Gasteiger partial charge in [0.2, 0.25) is 0 Å². The van der Waals surface area contributed by atoms with Crippen LogP contribution in [0, 0.1) is 5.92 Å². The zero-order chi connectivity index (χ0) is 16.1. The molecule has 1 aliphatic rings. The number of hydrogen-bond donors (Lipinski definition) is 0. The fourth-order valence-corrected chi connectivity index (χ4v) is 3.57. The molecule has 2 aromatic rings. The molecule has 23 heavy (non-hydrogen) atoms. The van der Waals surface area contributed by atoms with E-state index in [1.807, 2.05) is 0 Å². The van der Waals surface area contributed by atoms with Gasteiger partial charge < -0.3 is 0 Å². The molecule has 1 aromatic heterocycles. The summed E-state index contributed by atoms with van der Waals surface area (Å²) in [5, 5.41) is 0. The van der Waals surface area contributed by atoms with Crippen molar-refractivity contribution in [1.29, 1.82) is 0 Å². The van der Waals surface area contributed by atoms with Gasteiger partial charge in [0.25, 0.3) is 0 Å². The van der Waals surface area contributed by atoms with E-state index in [-0.39, 0.29) is 0 Å². The molecular formula is C21H28N2. The first-order valence-electron chi connectivity index (χ1n) is 9.24. The smallest absolute Gasteiger partial charge is 0.159 e. The number of nitrogens with zero attached hydrogens (tertiary/aromatic N) is 2. The van der Waals surface area contributed by atoms with Crippen molar-refractivity contribution in [2.24, 2.45) is 5.92 Å². The van der Waals surface area contributed by atoms with Gasteiger partial charge in [0.05, 0.1) is 0 Å². The summed E-state index contributed by atoms with van der Waals surface area (Å²) in [6, 6.07) is 8.75. The Bertz CT molecular complexity index is 631. The molecule has 1 unspecified atom stereocenters. The van der Waals surface area contributed by atoms with Gasteiger partial charge in [-0.3, -0.25) is 0 Å². The van der Waals surface area contributed by atoms with Crippen molar-refractivity contribution in [2.75, 3.05) is 0 Å². The lowest BCUT2D eigenvalue weighted by atomic mass is 9.84. The molecular weight excluding hydrogens is 280 g/mol. The third kappa shape index (κ3) is 3.99. The molecule has 3 rings (SSSR count). The minimum atomic E-state index is 0.838. The summed E-state index contributed by atoms with van der Waals surface area (Å²) in [5.41, 5.74) is 5.19. The Kier molecular flexibility index (Phi) is 5.43. The van der Waals surface area contributed by atoms with E-state index in [0.29, 0.717) is 0 Å². The van der Waals surface area contributed by atoms with Crippen LogP contribution in [0.25, 0.3) is 11.4 Å². The molecule has 0 saturated carbocycles. The molecule has 0 fully saturated rings. The van der Waals surface area contributed by atoms with Crippen LogP contribution >= 0.6 is 0 Å². The van der Waals surface area contributed by atoms with E-state index in [1.165, 1.54) is 55.3 Å². The summed E-state index contributed by atoms with van der Waals surface area (Å²) in [5.74, 6) is 1.73. The third-order valence-corrected chi connectivity index (χ3v) is 4.97. The van der Waals surface area contributed by atoms with Crippen LogP contribution < -0.4 is 0 Å². The van der Waals surface area contributed by atoms with Gasteiger partial charge in [0.1, 0.15) is 0 Å². The highest BCUT2D eigenvalue weighted by molar-refractivity contribution is 5.55. The Balaban J connectivity index is 1.74. The van der Waals surface area contributed by atoms with E-state index in [4.69, 9.17) is 4.98 Å². The fraction of sp³-hybridized carbons (Fsp3) is 0.524. The first kappa shape index (κ1) is 16.2. The quantitative estimate of drug-likeness (QED) is 0.715. The Morgan fingerprint density at radius 2 is 1.91 bits per heavy atom. The molecule has 0 bridgehead atoms. The summed E-state index contributed by atoms with van der Waals surface area (Å²) in [6.07, 6.45) is 12.0. The maximum atomic E-state index is 4.86. The maximum Gasteiger partial charge on any atom is 0.159 e. The Morgan fingerprint density at radius 1 is 1.09 bits per heavy atom. The molecule has 0 spiro atoms. The largest absolute Gasteiger partial charge is 0.236 e. The second kappa shape index (κ2) is 7.72. The minimum Gasteiger partial charge on any atom is -0.236 e. The molecule has 0 aliphatic heterocycles. The Hall–Kier alpha value is -1.70. The molecule has 0 radical (unpaired) electrons. The maximum absolute atomic E-state index is 4.86. The monoisotopic (exact) mass is 308 g/mol. The van der Waals surface area contributed by atoms with Gasteiger partial charge in [-0.1, -0.05) is 63.8 Å². The van der Waals surface area contributed by atoms with Gasteiger partial charge in [-0.15, -0.1) is 0 Å². The number of fused-ring (bicyclic) bond motifs is 1. The summed E-state index contributed by atoms with van der Waals surface area (Å²) >= 11 is 0. The van der Waals surface area contributed by atoms with Crippen molar-refractivity contribution >= 4 is 0 Å². The van der Waals surface area contributed by atoms with E-state index >= 15 is 0 Å². The molecule has 0 N–H and O–H groups in total. The number of aryl methyl sites for hydroxylation is 2. The van der Waals surface area contributed by atoms with Crippen LogP contribution in [0.15, 0.2) is 30.5 Å². The van der Waals surface area contributed by atoms with Gasteiger partial charge in [-0.05, 0) is 42.7 Å². The molecule has 0 amide bonds. The summed E-state index contributed by atoms with van der Waals surface area (Å²) < 4.78 is 0. The van der Waals surface area contributed by atoms with Crippen LogP contribution in [-0.4, -0.2) is 9.97 Å². The van der Waals surface area contributed by atoms with Crippen molar-refractivity contribution in [2.45, 2.75) is 65.2 Å². The van der Waals surface area contributed by atoms with Crippen LogP contribution in [0.4, 0.5) is 0 Å². The second-order valence-electron chi connectivity index (χ2n) is 6.86. The van der Waals surface area contributed by atoms with Crippen LogP contribution in [0.5, 0.6) is 0 Å². The zero-order valence-corrected chi connectivity index (χ0v) is 14.5. The van der Waals surface area contributed by atoms with E-state index in [9.17, 15) is 0 Å². The average molecular weight is 308 g/mol. The second-order valence-corrected chi connectivity index (χ2v) is 6.86. The van der Waals surface area contributed by atoms with Gasteiger partial charge in [0.15, 0.2) is 5.82 Å². The van der Waals surface area contributed by atoms with Crippen LogP contribution in [0.3, 0.4) is 0 Å². The molecule has 1 aliphatic carbocycles. The molecule has 1 aromatic carbocycles. The third-order valence-electron chi connectivity index (χ3n) is 4.97. The Morgan fingerprint density at radius 3 is 2.65 bits per heavy atom. The van der Waals surface area contributed by atoms with E-state index in [1.54, 1.807) is 0 Å². The number of rotatable bonds is 6. The highest BCUT2D eigenvalue weighted by Gasteiger charge is 2.20. The van der Waals surface area contributed by atoms with Gasteiger partial charge in [-0.25, -0.2) is 9.97 Å². The molecule has 2 heteroatoms. The highest BCUT2D eigenvalue weighted by Crippen LogP contribution is 2.28. The minimum absolute atomic E-state index is 0.838. The SMILES string of the molecule is CCCCC1CCc2nc(-c3ccc(CCC)cc3)ncc2C1. The summed E-state index contributed by atoms with van der Waals surface area (Å²) in [7, 11) is 0. The zero-order valence-electron chi connectivity index (χ0n) is 14.5. The van der Waals surface area contributed by atoms with Crippen LogP contribution in [-0.2, 0) is 19.3 Å². The van der Waals surface area contributed by atoms with E-state index < -0.39 is 0 Å². The standard InChI is InChI=1S/C21H28N2/c1-3-5-7-17-10-13-20-19(14-17)15-22-21(23-20)18-11-8-16(6-4-2)9-12-18/h8-9,11-12,15,17H,3-7,10,13-14H2,1-2H3. The average Bonchev–Trinajstić information content (AvgIpc) is 2.60. The van der Waals surface area contributed by atoms with Crippen molar-refractivity contribution in [3.8, 4) is 11.4 Å². The van der Waals surface area contributed by atoms with E-state index in [0.717, 1.165) is 30.1 Å². The van der Waals surface area contributed by atoms with Gasteiger partial charge >= 0.3 is 0 Å². The molecule has 122 valence electrons. The van der Waals surface area contributed by atoms with Crippen LogP contribution in [0.2, 0.25) is 0 Å². The molecule has 2 nitrogen and oxygen atoms in total. The topological polar surface area (TPSA) is 25.8 Å². The van der Waals surface area contributed by atoms with Crippen LogP contribution in [0.1, 0.15) is 62.8 Å². The number of benzene rings is 1. The number of aromatic nitrogens is 2. The van der Waals surface area contributed by atoms with Crippen molar-refractivity contribution in [3.05, 3.63) is 47.3 Å². The Labute approximate surface area is 140 Å².